The summed E-state index contributed by atoms with van der Waals surface area (Å²) in [6.45, 7) is 5.00. The standard InChI is InChI=1S/C25H30N4O4/c1-25-21-8-4-2-6-19(21)18-23(20-7-3-5-9-22(20)25)29(25)24(30)10-12-31-14-16-33-17-15-32-13-11-27-28-26/h2-9,23H,10-18H2,1H3/t23-,25+/m1/s1. The Morgan fingerprint density at radius 1 is 1.00 bits per heavy atom. The van der Waals surface area contributed by atoms with Crippen LogP contribution in [0.25, 0.3) is 10.4 Å². The fraction of sp³-hybridized carbons (Fsp3) is 0.480. The van der Waals surface area contributed by atoms with Gasteiger partial charge in [0.15, 0.2) is 0 Å². The molecule has 0 fully saturated rings. The minimum Gasteiger partial charge on any atom is -0.379 e. The minimum absolute atomic E-state index is 0.0655. The Morgan fingerprint density at radius 3 is 2.39 bits per heavy atom. The second-order valence-electron chi connectivity index (χ2n) is 8.34. The second kappa shape index (κ2) is 10.8. The van der Waals surface area contributed by atoms with Crippen LogP contribution in [0.15, 0.2) is 53.6 Å². The van der Waals surface area contributed by atoms with Gasteiger partial charge in [-0.3, -0.25) is 4.79 Å². The molecule has 0 radical (unpaired) electrons. The Balaban J connectivity index is 1.26. The number of nitrogens with zero attached hydrogens (tertiary/aromatic N) is 4. The number of ether oxygens (including phenoxy) is 3. The highest BCUT2D eigenvalue weighted by molar-refractivity contribution is 5.81. The first kappa shape index (κ1) is 23.3. The summed E-state index contributed by atoms with van der Waals surface area (Å²) in [7, 11) is 0. The van der Waals surface area contributed by atoms with Crippen LogP contribution in [-0.4, -0.2) is 57.0 Å². The second-order valence-corrected chi connectivity index (χ2v) is 8.34. The van der Waals surface area contributed by atoms with Crippen molar-refractivity contribution in [1.29, 1.82) is 0 Å². The number of hydrogen-bond acceptors (Lipinski definition) is 5. The first-order valence-corrected chi connectivity index (χ1v) is 11.4. The van der Waals surface area contributed by atoms with Crippen molar-refractivity contribution in [3.05, 3.63) is 81.2 Å². The van der Waals surface area contributed by atoms with E-state index >= 15 is 0 Å². The predicted octanol–water partition coefficient (Wildman–Crippen LogP) is 4.14. The van der Waals surface area contributed by atoms with E-state index in [9.17, 15) is 4.79 Å². The van der Waals surface area contributed by atoms with E-state index in [2.05, 4.69) is 70.4 Å². The topological polar surface area (TPSA) is 96.8 Å². The van der Waals surface area contributed by atoms with Crippen LogP contribution in [0.4, 0.5) is 0 Å². The molecule has 0 aromatic heterocycles. The molecule has 0 aliphatic carbocycles. The van der Waals surface area contributed by atoms with Gasteiger partial charge in [-0.05, 0) is 41.1 Å². The number of fused-ring (bicyclic) bond motifs is 7. The molecule has 174 valence electrons. The number of amides is 1. The van der Waals surface area contributed by atoms with Gasteiger partial charge in [0, 0.05) is 11.5 Å². The summed E-state index contributed by atoms with van der Waals surface area (Å²) in [5.41, 5.74) is 12.7. The van der Waals surface area contributed by atoms with Gasteiger partial charge in [0.1, 0.15) is 0 Å². The number of carbonyl (C=O) groups is 1. The highest BCUT2D eigenvalue weighted by Crippen LogP contribution is 2.55. The van der Waals surface area contributed by atoms with Crippen molar-refractivity contribution in [3.63, 3.8) is 0 Å². The monoisotopic (exact) mass is 450 g/mol. The molecule has 2 atom stereocenters. The van der Waals surface area contributed by atoms with Crippen LogP contribution in [0.1, 0.15) is 41.6 Å². The van der Waals surface area contributed by atoms with E-state index in [1.54, 1.807) is 0 Å². The number of azide groups is 1. The quantitative estimate of drug-likeness (QED) is 0.210. The van der Waals surface area contributed by atoms with E-state index in [0.717, 1.165) is 6.42 Å². The van der Waals surface area contributed by atoms with Crippen LogP contribution in [0.2, 0.25) is 0 Å². The molecule has 0 N–H and O–H groups in total. The van der Waals surface area contributed by atoms with Gasteiger partial charge in [0.2, 0.25) is 5.91 Å². The van der Waals surface area contributed by atoms with Crippen molar-refractivity contribution in [2.75, 3.05) is 46.2 Å². The SMILES string of the molecule is C[C@]12c3ccccc3C[C@H](c3ccccc31)N2C(=O)CCOCCOCCOCCN=[N+]=[N-]. The van der Waals surface area contributed by atoms with Crippen molar-refractivity contribution in [1.82, 2.24) is 4.90 Å². The minimum atomic E-state index is -0.450. The van der Waals surface area contributed by atoms with Gasteiger partial charge in [-0.2, -0.15) is 0 Å². The Kier molecular flexibility index (Phi) is 7.62. The van der Waals surface area contributed by atoms with E-state index in [0.29, 0.717) is 52.6 Å². The highest BCUT2D eigenvalue weighted by Gasteiger charge is 2.53. The lowest BCUT2D eigenvalue weighted by Crippen LogP contribution is -2.49. The zero-order valence-electron chi connectivity index (χ0n) is 19.0. The molecule has 0 unspecified atom stereocenters. The fourth-order valence-electron chi connectivity index (χ4n) is 5.06. The molecule has 8 heteroatoms. The lowest BCUT2D eigenvalue weighted by atomic mass is 9.80. The molecular formula is C25H30N4O4. The maximum atomic E-state index is 13.4. The molecule has 2 aliphatic rings. The summed E-state index contributed by atoms with van der Waals surface area (Å²) < 4.78 is 16.4. The predicted molar refractivity (Wildman–Crippen MR) is 124 cm³/mol. The zero-order chi connectivity index (χ0) is 23.1. The molecule has 1 amide bonds. The number of hydrogen-bond donors (Lipinski definition) is 0. The molecule has 2 aromatic rings. The van der Waals surface area contributed by atoms with Crippen LogP contribution < -0.4 is 0 Å². The maximum Gasteiger partial charge on any atom is 0.226 e. The summed E-state index contributed by atoms with van der Waals surface area (Å²) in [6.07, 6.45) is 1.18. The first-order chi connectivity index (χ1) is 16.2. The smallest absolute Gasteiger partial charge is 0.226 e. The largest absolute Gasteiger partial charge is 0.379 e. The molecule has 2 aromatic carbocycles. The Morgan fingerprint density at radius 2 is 1.64 bits per heavy atom. The summed E-state index contributed by atoms with van der Waals surface area (Å²) in [5.74, 6) is 0.113. The summed E-state index contributed by atoms with van der Waals surface area (Å²) >= 11 is 0. The van der Waals surface area contributed by atoms with Gasteiger partial charge in [-0.1, -0.05) is 53.6 Å². The Labute approximate surface area is 194 Å². The van der Waals surface area contributed by atoms with Crippen molar-refractivity contribution in [2.24, 2.45) is 5.11 Å². The molecule has 0 spiro atoms. The van der Waals surface area contributed by atoms with Gasteiger partial charge in [0.25, 0.3) is 0 Å². The maximum absolute atomic E-state index is 13.4. The van der Waals surface area contributed by atoms with Crippen LogP contribution >= 0.6 is 0 Å². The van der Waals surface area contributed by atoms with Crippen molar-refractivity contribution >= 4 is 5.91 Å². The lowest BCUT2D eigenvalue weighted by molar-refractivity contribution is -0.140. The van der Waals surface area contributed by atoms with Crippen LogP contribution in [0.5, 0.6) is 0 Å². The van der Waals surface area contributed by atoms with E-state index < -0.39 is 5.54 Å². The van der Waals surface area contributed by atoms with Crippen LogP contribution in [-0.2, 0) is 31.0 Å². The molecule has 2 heterocycles. The third-order valence-corrected chi connectivity index (χ3v) is 6.46. The molecule has 8 nitrogen and oxygen atoms in total. The van der Waals surface area contributed by atoms with Crippen molar-refractivity contribution in [3.8, 4) is 0 Å². The van der Waals surface area contributed by atoms with E-state index in [-0.39, 0.29) is 11.9 Å². The third-order valence-electron chi connectivity index (χ3n) is 6.46. The van der Waals surface area contributed by atoms with Gasteiger partial charge in [-0.15, -0.1) is 0 Å². The fourth-order valence-corrected chi connectivity index (χ4v) is 5.06. The van der Waals surface area contributed by atoms with Crippen LogP contribution in [0, 0.1) is 0 Å². The summed E-state index contributed by atoms with van der Waals surface area (Å²) in [5, 5.41) is 3.39. The summed E-state index contributed by atoms with van der Waals surface area (Å²) in [4.78, 5) is 18.1. The number of carbonyl (C=O) groups excluding carboxylic acids is 1. The Hall–Kier alpha value is -2.90. The van der Waals surface area contributed by atoms with Gasteiger partial charge in [-0.25, -0.2) is 0 Å². The first-order valence-electron chi connectivity index (χ1n) is 11.4. The lowest BCUT2D eigenvalue weighted by Gasteiger charge is -2.44. The molecule has 4 rings (SSSR count). The molecule has 2 aliphatic heterocycles. The number of benzene rings is 2. The van der Waals surface area contributed by atoms with E-state index in [1.165, 1.54) is 22.3 Å². The van der Waals surface area contributed by atoms with E-state index in [1.807, 2.05) is 0 Å². The average molecular weight is 451 g/mol. The molecule has 33 heavy (non-hydrogen) atoms. The van der Waals surface area contributed by atoms with Crippen LogP contribution in [0.3, 0.4) is 0 Å². The highest BCUT2D eigenvalue weighted by atomic mass is 16.5. The number of rotatable bonds is 12. The molecule has 0 saturated carbocycles. The average Bonchev–Trinajstić information content (AvgIpc) is 3.03. The molecule has 0 saturated heterocycles. The third kappa shape index (κ3) is 4.75. The zero-order valence-corrected chi connectivity index (χ0v) is 19.0. The van der Waals surface area contributed by atoms with Crippen molar-refractivity contribution < 1.29 is 19.0 Å². The summed E-state index contributed by atoms with van der Waals surface area (Å²) in [6, 6.07) is 17.0. The van der Waals surface area contributed by atoms with Gasteiger partial charge < -0.3 is 19.1 Å². The van der Waals surface area contributed by atoms with Gasteiger partial charge in [0.05, 0.1) is 57.6 Å². The van der Waals surface area contributed by atoms with Gasteiger partial charge >= 0.3 is 0 Å². The molecule has 2 bridgehead atoms. The normalized spacial score (nSPS) is 20.2. The van der Waals surface area contributed by atoms with E-state index in [4.69, 9.17) is 19.7 Å². The molecular weight excluding hydrogens is 420 g/mol. The van der Waals surface area contributed by atoms with Crippen molar-refractivity contribution in [2.45, 2.75) is 31.3 Å². The Bertz CT molecular complexity index is 1010.